The Morgan fingerprint density at radius 2 is 1.92 bits per heavy atom. The summed E-state index contributed by atoms with van der Waals surface area (Å²) in [6.45, 7) is 3.94. The highest BCUT2D eigenvalue weighted by atomic mass is 16.6. The van der Waals surface area contributed by atoms with Gasteiger partial charge in [0.25, 0.3) is 0 Å². The first-order valence-corrected chi connectivity index (χ1v) is 8.39. The van der Waals surface area contributed by atoms with E-state index in [0.717, 1.165) is 5.56 Å². The van der Waals surface area contributed by atoms with Gasteiger partial charge >= 0.3 is 12.1 Å². The Labute approximate surface area is 150 Å². The van der Waals surface area contributed by atoms with Crippen molar-refractivity contribution in [1.29, 1.82) is 0 Å². The molecule has 10 heteroatoms. The van der Waals surface area contributed by atoms with Gasteiger partial charge in [0.15, 0.2) is 5.82 Å². The van der Waals surface area contributed by atoms with Crippen LogP contribution < -0.4 is 5.32 Å². The van der Waals surface area contributed by atoms with Gasteiger partial charge in [-0.1, -0.05) is 12.1 Å². The first-order valence-electron chi connectivity index (χ1n) is 8.39. The molecule has 26 heavy (non-hydrogen) atoms. The van der Waals surface area contributed by atoms with Gasteiger partial charge in [-0.25, -0.2) is 14.3 Å². The number of hydrogen-bond donors (Lipinski definition) is 1. The lowest BCUT2D eigenvalue weighted by atomic mass is 10.2. The number of carbonyl (C=O) groups excluding carboxylic acids is 2. The Morgan fingerprint density at radius 3 is 2.58 bits per heavy atom. The lowest BCUT2D eigenvalue weighted by Gasteiger charge is -2.34. The summed E-state index contributed by atoms with van der Waals surface area (Å²) >= 11 is 0. The molecule has 0 unspecified atom stereocenters. The van der Waals surface area contributed by atoms with Crippen LogP contribution in [0.2, 0.25) is 0 Å². The zero-order chi connectivity index (χ0) is 18.5. The van der Waals surface area contributed by atoms with Crippen LogP contribution >= 0.6 is 0 Å². The molecule has 10 nitrogen and oxygen atoms in total. The Balaban J connectivity index is 1.59. The van der Waals surface area contributed by atoms with Crippen molar-refractivity contribution in [2.45, 2.75) is 6.92 Å². The maximum atomic E-state index is 12.5. The van der Waals surface area contributed by atoms with E-state index in [0.29, 0.717) is 44.3 Å². The van der Waals surface area contributed by atoms with Crippen molar-refractivity contribution in [2.75, 3.05) is 38.1 Å². The summed E-state index contributed by atoms with van der Waals surface area (Å²) in [5.41, 5.74) is 1.46. The third-order valence-corrected chi connectivity index (χ3v) is 4.09. The molecule has 3 rings (SSSR count). The van der Waals surface area contributed by atoms with Crippen LogP contribution in [0, 0.1) is 0 Å². The highest BCUT2D eigenvalue weighted by molar-refractivity contribution is 5.90. The fourth-order valence-electron chi connectivity index (χ4n) is 2.72. The second-order valence-electron chi connectivity index (χ2n) is 5.81. The third-order valence-electron chi connectivity index (χ3n) is 4.09. The molecule has 0 radical (unpaired) electrons. The minimum atomic E-state index is -0.336. The number of carbonyl (C=O) groups is 2. The van der Waals surface area contributed by atoms with Crippen molar-refractivity contribution in [3.05, 3.63) is 24.3 Å². The smallest absolute Gasteiger partial charge is 0.409 e. The number of nitrogens with zero attached hydrogens (tertiary/aromatic N) is 6. The molecule has 0 aliphatic carbocycles. The van der Waals surface area contributed by atoms with Crippen LogP contribution in [0.25, 0.3) is 11.4 Å². The summed E-state index contributed by atoms with van der Waals surface area (Å²) in [4.78, 5) is 27.5. The highest BCUT2D eigenvalue weighted by Crippen LogP contribution is 2.20. The first-order chi connectivity index (χ1) is 12.6. The zero-order valence-electron chi connectivity index (χ0n) is 14.8. The molecule has 0 saturated carbocycles. The fourth-order valence-corrected chi connectivity index (χ4v) is 2.72. The van der Waals surface area contributed by atoms with Gasteiger partial charge in [0.05, 0.1) is 6.61 Å². The molecule has 3 amide bonds. The van der Waals surface area contributed by atoms with Crippen molar-refractivity contribution in [2.24, 2.45) is 7.05 Å². The number of piperazine rings is 1. The molecule has 1 aliphatic rings. The molecule has 1 fully saturated rings. The first kappa shape index (κ1) is 17.6. The van der Waals surface area contributed by atoms with Crippen molar-refractivity contribution < 1.29 is 14.3 Å². The number of nitrogens with one attached hydrogen (secondary N) is 1. The van der Waals surface area contributed by atoms with E-state index in [1.807, 2.05) is 18.2 Å². The number of amides is 3. The van der Waals surface area contributed by atoms with Crippen LogP contribution in [-0.2, 0) is 11.8 Å². The molecule has 1 N–H and O–H groups in total. The summed E-state index contributed by atoms with van der Waals surface area (Å²) < 4.78 is 6.55. The highest BCUT2D eigenvalue weighted by Gasteiger charge is 2.24. The van der Waals surface area contributed by atoms with Gasteiger partial charge < -0.3 is 19.9 Å². The quantitative estimate of drug-likeness (QED) is 0.882. The average Bonchev–Trinajstić information content (AvgIpc) is 3.08. The molecule has 0 spiro atoms. The Hall–Kier alpha value is -3.17. The molecule has 0 bridgehead atoms. The molecule has 138 valence electrons. The maximum Gasteiger partial charge on any atom is 0.409 e. The Morgan fingerprint density at radius 1 is 1.19 bits per heavy atom. The second-order valence-corrected chi connectivity index (χ2v) is 5.81. The molecule has 1 aromatic heterocycles. The predicted molar refractivity (Wildman–Crippen MR) is 93.4 cm³/mol. The van der Waals surface area contributed by atoms with Gasteiger partial charge in [-0.05, 0) is 29.5 Å². The van der Waals surface area contributed by atoms with Crippen LogP contribution in [0.5, 0.6) is 0 Å². The van der Waals surface area contributed by atoms with E-state index in [1.54, 1.807) is 34.5 Å². The number of tetrazole rings is 1. The third kappa shape index (κ3) is 3.90. The van der Waals surface area contributed by atoms with Crippen LogP contribution in [0.4, 0.5) is 15.3 Å². The monoisotopic (exact) mass is 359 g/mol. The van der Waals surface area contributed by atoms with E-state index in [9.17, 15) is 9.59 Å². The second kappa shape index (κ2) is 7.81. The van der Waals surface area contributed by atoms with Crippen LogP contribution in [0.15, 0.2) is 24.3 Å². The molecule has 1 aromatic carbocycles. The Bertz CT molecular complexity index is 784. The van der Waals surface area contributed by atoms with E-state index in [2.05, 4.69) is 20.8 Å². The van der Waals surface area contributed by atoms with Crippen molar-refractivity contribution in [1.82, 2.24) is 30.0 Å². The van der Waals surface area contributed by atoms with Crippen molar-refractivity contribution in [3.63, 3.8) is 0 Å². The largest absolute Gasteiger partial charge is 0.450 e. The fraction of sp³-hybridized carbons (Fsp3) is 0.438. The van der Waals surface area contributed by atoms with E-state index in [1.165, 1.54) is 0 Å². The average molecular weight is 359 g/mol. The van der Waals surface area contributed by atoms with Gasteiger partial charge in [-0.2, -0.15) is 0 Å². The molecule has 2 heterocycles. The van der Waals surface area contributed by atoms with E-state index in [4.69, 9.17) is 4.74 Å². The van der Waals surface area contributed by atoms with E-state index < -0.39 is 0 Å². The van der Waals surface area contributed by atoms with Gasteiger partial charge in [-0.15, -0.1) is 5.10 Å². The summed E-state index contributed by atoms with van der Waals surface area (Å²) in [5, 5.41) is 14.3. The topological polar surface area (TPSA) is 105 Å². The normalized spacial score (nSPS) is 14.2. The Kier molecular flexibility index (Phi) is 5.30. The number of urea groups is 1. The number of rotatable bonds is 3. The minimum absolute atomic E-state index is 0.207. The molecule has 1 aliphatic heterocycles. The number of aromatic nitrogens is 4. The molecular weight excluding hydrogens is 338 g/mol. The standard InChI is InChI=1S/C16H21N7O3/c1-3-26-16(25)23-9-7-22(8-10-23)15(24)17-13-6-4-5-12(11-13)14-18-19-20-21(14)2/h4-6,11H,3,7-10H2,1-2H3,(H,17,24). The van der Waals surface area contributed by atoms with Gasteiger partial charge in [0.2, 0.25) is 0 Å². The minimum Gasteiger partial charge on any atom is -0.450 e. The van der Waals surface area contributed by atoms with Crippen LogP contribution in [0.1, 0.15) is 6.92 Å². The summed E-state index contributed by atoms with van der Waals surface area (Å²) in [6, 6.07) is 7.12. The van der Waals surface area contributed by atoms with E-state index >= 15 is 0 Å². The zero-order valence-corrected chi connectivity index (χ0v) is 14.8. The van der Waals surface area contributed by atoms with Crippen molar-refractivity contribution >= 4 is 17.8 Å². The predicted octanol–water partition coefficient (Wildman–Crippen LogP) is 1.18. The SMILES string of the molecule is CCOC(=O)N1CCN(C(=O)Nc2cccc(-c3nnnn3C)c2)CC1. The summed E-state index contributed by atoms with van der Waals surface area (Å²) in [7, 11) is 1.75. The van der Waals surface area contributed by atoms with Gasteiger partial charge in [0, 0.05) is 44.5 Å². The molecule has 0 atom stereocenters. The number of hydrogen-bond acceptors (Lipinski definition) is 6. The number of anilines is 1. The van der Waals surface area contributed by atoms with Gasteiger partial charge in [-0.3, -0.25) is 0 Å². The molecule has 1 saturated heterocycles. The number of aryl methyl sites for hydroxylation is 1. The number of ether oxygens (including phenoxy) is 1. The molecular formula is C16H21N7O3. The van der Waals surface area contributed by atoms with Crippen LogP contribution in [0.3, 0.4) is 0 Å². The number of benzene rings is 1. The van der Waals surface area contributed by atoms with E-state index in [-0.39, 0.29) is 12.1 Å². The summed E-state index contributed by atoms with van der Waals surface area (Å²) in [6.07, 6.45) is -0.336. The van der Waals surface area contributed by atoms with Gasteiger partial charge in [0.1, 0.15) is 0 Å². The summed E-state index contributed by atoms with van der Waals surface area (Å²) in [5.74, 6) is 0.615. The maximum absolute atomic E-state index is 12.5. The lowest BCUT2D eigenvalue weighted by molar-refractivity contribution is 0.0868. The van der Waals surface area contributed by atoms with Crippen molar-refractivity contribution in [3.8, 4) is 11.4 Å². The lowest BCUT2D eigenvalue weighted by Crippen LogP contribution is -2.51. The molecule has 2 aromatic rings. The van der Waals surface area contributed by atoms with Crippen LogP contribution in [-0.4, -0.2) is 74.9 Å².